The fourth-order valence-corrected chi connectivity index (χ4v) is 1.86. The highest BCUT2D eigenvalue weighted by Gasteiger charge is 2.04. The third kappa shape index (κ3) is 1.69. The van der Waals surface area contributed by atoms with Crippen molar-refractivity contribution in [1.29, 1.82) is 0 Å². The molecule has 0 N–H and O–H groups in total. The van der Waals surface area contributed by atoms with Crippen LogP contribution in [-0.4, -0.2) is 9.55 Å². The molecule has 0 aliphatic carbocycles. The molecule has 2 rings (SSSR count). The molecule has 0 aliphatic heterocycles. The van der Waals surface area contributed by atoms with Crippen LogP contribution in [0.25, 0.3) is 5.69 Å². The van der Waals surface area contributed by atoms with Crippen molar-refractivity contribution in [2.75, 3.05) is 0 Å². The van der Waals surface area contributed by atoms with E-state index < -0.39 is 0 Å². The van der Waals surface area contributed by atoms with Crippen molar-refractivity contribution in [2.45, 2.75) is 0 Å². The normalized spacial score (nSPS) is 10.3. The van der Waals surface area contributed by atoms with Gasteiger partial charge in [-0.1, -0.05) is 0 Å². The summed E-state index contributed by atoms with van der Waals surface area (Å²) in [5.41, 5.74) is 1.08. The molecule has 66 valence electrons. The van der Waals surface area contributed by atoms with Crippen molar-refractivity contribution >= 4 is 31.9 Å². The predicted octanol–water partition coefficient (Wildman–Crippen LogP) is 3.40. The van der Waals surface area contributed by atoms with Gasteiger partial charge in [0.2, 0.25) is 0 Å². The molecule has 2 aromatic heterocycles. The third-order valence-electron chi connectivity index (χ3n) is 1.71. The Bertz CT molecular complexity index is 410. The molecule has 13 heavy (non-hydrogen) atoms. The van der Waals surface area contributed by atoms with Crippen molar-refractivity contribution in [3.8, 4) is 5.69 Å². The van der Waals surface area contributed by atoms with Crippen molar-refractivity contribution < 1.29 is 0 Å². The van der Waals surface area contributed by atoms with Crippen molar-refractivity contribution in [1.82, 2.24) is 9.55 Å². The number of hydrogen-bond acceptors (Lipinski definition) is 1. The zero-order chi connectivity index (χ0) is 9.26. The molecule has 0 unspecified atom stereocenters. The maximum Gasteiger partial charge on any atom is 0.122 e. The molecule has 0 saturated carbocycles. The van der Waals surface area contributed by atoms with Crippen LogP contribution in [0.5, 0.6) is 0 Å². The summed E-state index contributed by atoms with van der Waals surface area (Å²) < 4.78 is 3.81. The van der Waals surface area contributed by atoms with Gasteiger partial charge in [0, 0.05) is 18.6 Å². The van der Waals surface area contributed by atoms with Crippen molar-refractivity contribution in [3.63, 3.8) is 0 Å². The van der Waals surface area contributed by atoms with Crippen LogP contribution in [0.2, 0.25) is 0 Å². The van der Waals surface area contributed by atoms with Crippen LogP contribution in [0.3, 0.4) is 0 Å². The van der Waals surface area contributed by atoms with Gasteiger partial charge >= 0.3 is 0 Å². The highest BCUT2D eigenvalue weighted by atomic mass is 79.9. The van der Waals surface area contributed by atoms with Gasteiger partial charge in [-0.2, -0.15) is 0 Å². The fourth-order valence-electron chi connectivity index (χ4n) is 1.10. The molecule has 2 nitrogen and oxygen atoms in total. The van der Waals surface area contributed by atoms with Gasteiger partial charge in [-0.05, 0) is 50.1 Å². The maximum absolute atomic E-state index is 4.11. The van der Waals surface area contributed by atoms with E-state index in [0.29, 0.717) is 0 Å². The highest BCUT2D eigenvalue weighted by molar-refractivity contribution is 9.13. The summed E-state index contributed by atoms with van der Waals surface area (Å²) in [6, 6.07) is 5.93. The Kier molecular flexibility index (Phi) is 2.51. The maximum atomic E-state index is 4.11. The Morgan fingerprint density at radius 2 is 1.85 bits per heavy atom. The Balaban J connectivity index is 2.59. The fraction of sp³-hybridized carbons (Fsp3) is 0. The van der Waals surface area contributed by atoms with Gasteiger partial charge in [0.15, 0.2) is 0 Å². The molecule has 4 heteroatoms. The quantitative estimate of drug-likeness (QED) is 0.738. The van der Waals surface area contributed by atoms with Gasteiger partial charge in [-0.15, -0.1) is 0 Å². The van der Waals surface area contributed by atoms with Crippen molar-refractivity contribution in [3.05, 3.63) is 45.9 Å². The van der Waals surface area contributed by atoms with Crippen LogP contribution in [0.4, 0.5) is 0 Å². The molecule has 2 heterocycles. The average molecular weight is 302 g/mol. The molecule has 0 fully saturated rings. The topological polar surface area (TPSA) is 17.8 Å². The van der Waals surface area contributed by atoms with Gasteiger partial charge in [0.05, 0.1) is 10.2 Å². The second-order valence-corrected chi connectivity index (χ2v) is 4.07. The largest absolute Gasteiger partial charge is 0.323 e. The number of pyridine rings is 1. The van der Waals surface area contributed by atoms with Gasteiger partial charge < -0.3 is 4.57 Å². The zero-order valence-corrected chi connectivity index (χ0v) is 9.79. The molecular weight excluding hydrogens is 296 g/mol. The Hall–Kier alpha value is -0.610. The van der Waals surface area contributed by atoms with Crippen molar-refractivity contribution in [2.24, 2.45) is 0 Å². The van der Waals surface area contributed by atoms with E-state index >= 15 is 0 Å². The SMILES string of the molecule is Brc1nccc(-n2cccc2)c1Br. The Labute approximate surface area is 92.9 Å². The lowest BCUT2D eigenvalue weighted by Gasteiger charge is -2.05. The van der Waals surface area contributed by atoms with E-state index in [1.165, 1.54) is 0 Å². The van der Waals surface area contributed by atoms with E-state index in [1.54, 1.807) is 6.20 Å². The van der Waals surface area contributed by atoms with E-state index in [9.17, 15) is 0 Å². The summed E-state index contributed by atoms with van der Waals surface area (Å²) in [6.45, 7) is 0. The molecule has 0 radical (unpaired) electrons. The van der Waals surface area contributed by atoms with Gasteiger partial charge in [-0.3, -0.25) is 0 Å². The van der Waals surface area contributed by atoms with E-state index in [1.807, 2.05) is 35.2 Å². The summed E-state index contributed by atoms with van der Waals surface area (Å²) >= 11 is 6.83. The molecule has 0 amide bonds. The minimum atomic E-state index is 0.818. The average Bonchev–Trinajstić information content (AvgIpc) is 2.62. The molecule has 0 aromatic carbocycles. The van der Waals surface area contributed by atoms with Crippen LogP contribution in [0.1, 0.15) is 0 Å². The molecule has 0 bridgehead atoms. The molecule has 0 aliphatic rings. The van der Waals surface area contributed by atoms with E-state index in [2.05, 4.69) is 36.8 Å². The molecule has 2 aromatic rings. The molecular formula is C9H6Br2N2. The van der Waals surface area contributed by atoms with Crippen LogP contribution in [0, 0.1) is 0 Å². The number of rotatable bonds is 1. The summed E-state index contributed by atoms with van der Waals surface area (Å²) in [5, 5.41) is 0. The number of hydrogen-bond donors (Lipinski definition) is 0. The van der Waals surface area contributed by atoms with Crippen LogP contribution in [0.15, 0.2) is 45.9 Å². The van der Waals surface area contributed by atoms with E-state index in [4.69, 9.17) is 0 Å². The summed E-state index contributed by atoms with van der Waals surface area (Å²) in [6.07, 6.45) is 5.75. The second kappa shape index (κ2) is 3.64. The monoisotopic (exact) mass is 300 g/mol. The molecule has 0 atom stereocenters. The number of aromatic nitrogens is 2. The Morgan fingerprint density at radius 1 is 1.15 bits per heavy atom. The smallest absolute Gasteiger partial charge is 0.122 e. The van der Waals surface area contributed by atoms with Crippen LogP contribution >= 0.6 is 31.9 Å². The highest BCUT2D eigenvalue weighted by Crippen LogP contribution is 2.27. The van der Waals surface area contributed by atoms with Gasteiger partial charge in [-0.25, -0.2) is 4.98 Å². The third-order valence-corrected chi connectivity index (χ3v) is 3.62. The molecule has 0 spiro atoms. The lowest BCUT2D eigenvalue weighted by molar-refractivity contribution is 1.05. The standard InChI is InChI=1S/C9H6Br2N2/c10-8-7(3-4-12-9(8)11)13-5-1-2-6-13/h1-6H. The second-order valence-electron chi connectivity index (χ2n) is 2.53. The van der Waals surface area contributed by atoms with Crippen LogP contribution < -0.4 is 0 Å². The van der Waals surface area contributed by atoms with Gasteiger partial charge in [0.1, 0.15) is 4.60 Å². The summed E-state index contributed by atoms with van der Waals surface area (Å²) in [4.78, 5) is 4.11. The first-order valence-electron chi connectivity index (χ1n) is 3.72. The summed E-state index contributed by atoms with van der Waals surface area (Å²) in [5.74, 6) is 0. The first-order valence-corrected chi connectivity index (χ1v) is 5.31. The lowest BCUT2D eigenvalue weighted by Crippen LogP contribution is -1.92. The van der Waals surface area contributed by atoms with E-state index in [-0.39, 0.29) is 0 Å². The number of halogens is 2. The minimum Gasteiger partial charge on any atom is -0.323 e. The predicted molar refractivity (Wildman–Crippen MR) is 59.0 cm³/mol. The minimum absolute atomic E-state index is 0.818. The summed E-state index contributed by atoms with van der Waals surface area (Å²) in [7, 11) is 0. The zero-order valence-electron chi connectivity index (χ0n) is 6.61. The first kappa shape index (κ1) is 8.97. The van der Waals surface area contributed by atoms with E-state index in [0.717, 1.165) is 14.8 Å². The van der Waals surface area contributed by atoms with Gasteiger partial charge in [0.25, 0.3) is 0 Å². The Morgan fingerprint density at radius 3 is 2.54 bits per heavy atom. The lowest BCUT2D eigenvalue weighted by atomic mass is 10.4. The number of nitrogens with zero attached hydrogens (tertiary/aromatic N) is 2. The first-order chi connectivity index (χ1) is 6.29. The molecule has 0 saturated heterocycles. The van der Waals surface area contributed by atoms with Crippen LogP contribution in [-0.2, 0) is 0 Å².